The molecule has 0 amide bonds. The van der Waals surface area contributed by atoms with E-state index >= 15 is 0 Å². The largest absolute Gasteiger partial charge is 0.344 e. The van der Waals surface area contributed by atoms with Gasteiger partial charge in [-0.3, -0.25) is 0 Å². The number of aryl methyl sites for hydroxylation is 1. The van der Waals surface area contributed by atoms with Gasteiger partial charge in [0.25, 0.3) is 0 Å². The van der Waals surface area contributed by atoms with Crippen molar-refractivity contribution in [3.8, 4) is 0 Å². The Hall–Kier alpha value is -1.14. The van der Waals surface area contributed by atoms with Crippen LogP contribution < -0.4 is 5.32 Å². The third kappa shape index (κ3) is 6.46. The van der Waals surface area contributed by atoms with Crippen LogP contribution in [-0.4, -0.2) is 41.1 Å². The van der Waals surface area contributed by atoms with Crippen molar-refractivity contribution in [2.45, 2.75) is 39.2 Å². The second kappa shape index (κ2) is 10.4. The van der Waals surface area contributed by atoms with Crippen LogP contribution in [0.3, 0.4) is 0 Å². The average molecular weight is 422 g/mol. The van der Waals surface area contributed by atoms with Crippen molar-refractivity contribution < 1.29 is 0 Å². The molecule has 1 N–H and O–H groups in total. The van der Waals surface area contributed by atoms with E-state index in [2.05, 4.69) is 32.6 Å². The highest BCUT2D eigenvalue weighted by atomic mass is 35.5. The predicted octanol–water partition coefficient (Wildman–Crippen LogP) is 5.78. The summed E-state index contributed by atoms with van der Waals surface area (Å²) >= 11 is 13.8. The Morgan fingerprint density at radius 2 is 2.07 bits per heavy atom. The molecule has 146 valence electrons. The van der Waals surface area contributed by atoms with Crippen LogP contribution in [0.4, 0.5) is 5.69 Å². The zero-order valence-electron chi connectivity index (χ0n) is 15.9. The van der Waals surface area contributed by atoms with Gasteiger partial charge in [-0.25, -0.2) is 0 Å². The smallest absolute Gasteiger partial charge is 0.173 e. The van der Waals surface area contributed by atoms with Gasteiger partial charge in [0.2, 0.25) is 0 Å². The molecule has 2 aromatic rings. The number of likely N-dealkylation sites (tertiary alicyclic amines) is 1. The minimum atomic E-state index is 0.762. The molecule has 1 aromatic carbocycles. The average Bonchev–Trinajstić information content (AvgIpc) is 3.18. The molecular formula is C21H28ClN3S2. The fourth-order valence-electron chi connectivity index (χ4n) is 3.38. The van der Waals surface area contributed by atoms with Gasteiger partial charge < -0.3 is 15.1 Å². The van der Waals surface area contributed by atoms with Crippen molar-refractivity contribution in [3.05, 3.63) is 51.2 Å². The van der Waals surface area contributed by atoms with E-state index in [1.807, 2.05) is 25.1 Å². The summed E-state index contributed by atoms with van der Waals surface area (Å²) in [7, 11) is 0. The number of nitrogens with one attached hydrogen (secondary N) is 1. The maximum absolute atomic E-state index is 6.26. The lowest BCUT2D eigenvalue weighted by atomic mass is 10.1. The normalized spacial score (nSPS) is 14.9. The van der Waals surface area contributed by atoms with Gasteiger partial charge in [-0.1, -0.05) is 30.2 Å². The maximum atomic E-state index is 6.26. The van der Waals surface area contributed by atoms with Gasteiger partial charge in [-0.15, -0.1) is 11.3 Å². The number of anilines is 1. The van der Waals surface area contributed by atoms with Crippen LogP contribution in [-0.2, 0) is 6.54 Å². The number of piperidine rings is 1. The Morgan fingerprint density at radius 1 is 1.26 bits per heavy atom. The van der Waals surface area contributed by atoms with E-state index in [0.717, 1.165) is 47.4 Å². The maximum Gasteiger partial charge on any atom is 0.173 e. The van der Waals surface area contributed by atoms with Crippen molar-refractivity contribution >= 4 is 46.0 Å². The van der Waals surface area contributed by atoms with E-state index in [1.165, 1.54) is 37.2 Å². The zero-order valence-corrected chi connectivity index (χ0v) is 18.3. The van der Waals surface area contributed by atoms with Crippen LogP contribution in [0.25, 0.3) is 0 Å². The summed E-state index contributed by atoms with van der Waals surface area (Å²) in [5, 5.41) is 7.02. The number of hydrogen-bond donors (Lipinski definition) is 1. The van der Waals surface area contributed by atoms with Gasteiger partial charge >= 0.3 is 0 Å². The second-order valence-electron chi connectivity index (χ2n) is 7.15. The summed E-state index contributed by atoms with van der Waals surface area (Å²) < 4.78 is 0. The van der Waals surface area contributed by atoms with Crippen molar-refractivity contribution in [3.63, 3.8) is 0 Å². The molecule has 1 saturated heterocycles. The molecule has 1 fully saturated rings. The third-order valence-corrected chi connectivity index (χ3v) is 6.62. The lowest BCUT2D eigenvalue weighted by molar-refractivity contribution is 0.218. The topological polar surface area (TPSA) is 18.5 Å². The lowest BCUT2D eigenvalue weighted by Gasteiger charge is -2.29. The first-order valence-corrected chi connectivity index (χ1v) is 11.4. The molecule has 0 atom stereocenters. The van der Waals surface area contributed by atoms with E-state index in [4.69, 9.17) is 23.8 Å². The van der Waals surface area contributed by atoms with Crippen LogP contribution in [0.5, 0.6) is 0 Å². The first kappa shape index (κ1) is 20.6. The lowest BCUT2D eigenvalue weighted by Crippen LogP contribution is -2.37. The zero-order chi connectivity index (χ0) is 19.1. The molecule has 0 spiro atoms. The highest BCUT2D eigenvalue weighted by Gasteiger charge is 2.14. The van der Waals surface area contributed by atoms with Crippen LogP contribution in [0.2, 0.25) is 5.02 Å². The predicted molar refractivity (Wildman–Crippen MR) is 122 cm³/mol. The van der Waals surface area contributed by atoms with E-state index in [1.54, 1.807) is 11.3 Å². The second-order valence-corrected chi connectivity index (χ2v) is 8.98. The molecule has 27 heavy (non-hydrogen) atoms. The van der Waals surface area contributed by atoms with Crippen LogP contribution in [0.15, 0.2) is 35.7 Å². The number of halogens is 1. The molecule has 1 aromatic heterocycles. The molecule has 3 rings (SSSR count). The SMILES string of the molecule is Cc1ccc(NC(=S)N(CCCN2CCCCC2)Cc2cccs2)cc1Cl. The summed E-state index contributed by atoms with van der Waals surface area (Å²) in [4.78, 5) is 6.20. The van der Waals surface area contributed by atoms with E-state index in [0.29, 0.717) is 0 Å². The van der Waals surface area contributed by atoms with E-state index in [9.17, 15) is 0 Å². The summed E-state index contributed by atoms with van der Waals surface area (Å²) in [5.74, 6) is 0. The molecular weight excluding hydrogens is 394 g/mol. The van der Waals surface area contributed by atoms with Crippen LogP contribution >= 0.6 is 35.2 Å². The van der Waals surface area contributed by atoms with Crippen LogP contribution in [0.1, 0.15) is 36.1 Å². The van der Waals surface area contributed by atoms with E-state index < -0.39 is 0 Å². The van der Waals surface area contributed by atoms with Crippen molar-refractivity contribution in [2.75, 3.05) is 31.5 Å². The number of rotatable bonds is 7. The highest BCUT2D eigenvalue weighted by Crippen LogP contribution is 2.21. The first-order valence-electron chi connectivity index (χ1n) is 9.68. The van der Waals surface area contributed by atoms with Crippen LogP contribution in [0, 0.1) is 6.92 Å². The fraction of sp³-hybridized carbons (Fsp3) is 0.476. The standard InChI is InChI=1S/C21H28ClN3S2/c1-17-8-9-18(15-20(17)22)23-21(26)25(16-19-7-5-14-27-19)13-6-12-24-10-3-2-4-11-24/h5,7-9,14-15H,2-4,6,10-13,16H2,1H3,(H,23,26). The molecule has 0 bridgehead atoms. The van der Waals surface area contributed by atoms with Crippen molar-refractivity contribution in [1.82, 2.24) is 9.80 Å². The summed E-state index contributed by atoms with van der Waals surface area (Å²) in [6.45, 7) is 7.46. The summed E-state index contributed by atoms with van der Waals surface area (Å²) in [6, 6.07) is 10.3. The fourth-order valence-corrected chi connectivity index (χ4v) is 4.56. The number of thiocarbonyl (C=S) groups is 1. The molecule has 0 saturated carbocycles. The number of hydrogen-bond acceptors (Lipinski definition) is 3. The molecule has 1 aliphatic rings. The molecule has 0 aliphatic carbocycles. The number of benzene rings is 1. The molecule has 2 heterocycles. The number of nitrogens with zero attached hydrogens (tertiary/aromatic N) is 2. The molecule has 3 nitrogen and oxygen atoms in total. The Bertz CT molecular complexity index is 727. The summed E-state index contributed by atoms with van der Waals surface area (Å²) in [5.41, 5.74) is 2.02. The molecule has 0 unspecified atom stereocenters. The Kier molecular flexibility index (Phi) is 7.94. The van der Waals surface area contributed by atoms with Gasteiger partial charge in [-0.2, -0.15) is 0 Å². The third-order valence-electron chi connectivity index (χ3n) is 4.99. The highest BCUT2D eigenvalue weighted by molar-refractivity contribution is 7.80. The Balaban J connectivity index is 1.59. The number of thiophene rings is 1. The minimum absolute atomic E-state index is 0.762. The monoisotopic (exact) mass is 421 g/mol. The van der Waals surface area contributed by atoms with Gasteiger partial charge in [0.05, 0.1) is 6.54 Å². The minimum Gasteiger partial charge on any atom is -0.344 e. The Labute approximate surface area is 177 Å². The Morgan fingerprint density at radius 3 is 2.78 bits per heavy atom. The van der Waals surface area contributed by atoms with Crippen molar-refractivity contribution in [2.24, 2.45) is 0 Å². The van der Waals surface area contributed by atoms with Gasteiger partial charge in [0, 0.05) is 22.1 Å². The first-order chi connectivity index (χ1) is 13.1. The molecule has 0 radical (unpaired) electrons. The van der Waals surface area contributed by atoms with Gasteiger partial charge in [0.1, 0.15) is 0 Å². The van der Waals surface area contributed by atoms with Crippen molar-refractivity contribution in [1.29, 1.82) is 0 Å². The molecule has 6 heteroatoms. The quantitative estimate of drug-likeness (QED) is 0.570. The summed E-state index contributed by atoms with van der Waals surface area (Å²) in [6.07, 6.45) is 5.19. The van der Waals surface area contributed by atoms with E-state index in [-0.39, 0.29) is 0 Å². The van der Waals surface area contributed by atoms with Gasteiger partial charge in [0.15, 0.2) is 5.11 Å². The van der Waals surface area contributed by atoms with Gasteiger partial charge in [-0.05, 0) is 87.2 Å². The molecule has 1 aliphatic heterocycles.